The standard InChI is InChI=1S/C19H17F3N2O/c20-19(21,22)11-6-12-24-16-10-5-4-9-15(16)18(23-13-17(24)25)14-7-2-1-3-8-14/h1-5,7-10H,6,11-13H2. The maximum absolute atomic E-state index is 12.4. The van der Waals surface area contributed by atoms with Gasteiger partial charge in [0, 0.05) is 24.1 Å². The summed E-state index contributed by atoms with van der Waals surface area (Å²) in [5.41, 5.74) is 2.92. The molecule has 1 amide bonds. The number of rotatable bonds is 4. The number of halogens is 3. The number of nitrogens with zero attached hydrogens (tertiary/aromatic N) is 2. The fourth-order valence-electron chi connectivity index (χ4n) is 2.89. The first kappa shape index (κ1) is 17.2. The zero-order valence-electron chi connectivity index (χ0n) is 13.5. The van der Waals surface area contributed by atoms with E-state index < -0.39 is 12.6 Å². The number of carbonyl (C=O) groups is 1. The predicted octanol–water partition coefficient (Wildman–Crippen LogP) is 4.21. The normalized spacial score (nSPS) is 14.8. The van der Waals surface area contributed by atoms with Crippen LogP contribution in [0.25, 0.3) is 0 Å². The van der Waals surface area contributed by atoms with Crippen molar-refractivity contribution in [2.75, 3.05) is 18.0 Å². The van der Waals surface area contributed by atoms with Gasteiger partial charge in [-0.05, 0) is 12.5 Å². The number of benzene rings is 2. The first-order valence-electron chi connectivity index (χ1n) is 8.02. The highest BCUT2D eigenvalue weighted by Gasteiger charge is 2.29. The van der Waals surface area contributed by atoms with E-state index in [1.54, 1.807) is 12.1 Å². The Hall–Kier alpha value is -2.63. The minimum absolute atomic E-state index is 0.0208. The molecule has 1 aliphatic heterocycles. The van der Waals surface area contributed by atoms with Crippen LogP contribution in [0, 0.1) is 0 Å². The van der Waals surface area contributed by atoms with Crippen molar-refractivity contribution >= 4 is 17.3 Å². The number of benzodiazepines with no additional fused rings is 1. The van der Waals surface area contributed by atoms with Crippen molar-refractivity contribution in [3.05, 3.63) is 65.7 Å². The monoisotopic (exact) mass is 346 g/mol. The summed E-state index contributed by atoms with van der Waals surface area (Å²) in [6.07, 6.45) is -5.27. The van der Waals surface area contributed by atoms with Gasteiger partial charge in [-0.1, -0.05) is 48.5 Å². The lowest BCUT2D eigenvalue weighted by molar-refractivity contribution is -0.135. The van der Waals surface area contributed by atoms with E-state index in [-0.39, 0.29) is 25.4 Å². The third-order valence-electron chi connectivity index (χ3n) is 4.01. The summed E-state index contributed by atoms with van der Waals surface area (Å²) >= 11 is 0. The molecule has 2 aromatic carbocycles. The smallest absolute Gasteiger partial charge is 0.310 e. The van der Waals surface area contributed by atoms with Crippen LogP contribution in [0.2, 0.25) is 0 Å². The van der Waals surface area contributed by atoms with E-state index >= 15 is 0 Å². The van der Waals surface area contributed by atoms with Crippen molar-refractivity contribution in [2.24, 2.45) is 4.99 Å². The molecule has 0 spiro atoms. The highest BCUT2D eigenvalue weighted by atomic mass is 19.4. The van der Waals surface area contributed by atoms with Crippen molar-refractivity contribution in [3.63, 3.8) is 0 Å². The third-order valence-corrected chi connectivity index (χ3v) is 4.01. The van der Waals surface area contributed by atoms with Crippen LogP contribution in [0.1, 0.15) is 24.0 Å². The Kier molecular flexibility index (Phi) is 4.88. The molecule has 0 atom stereocenters. The topological polar surface area (TPSA) is 32.7 Å². The first-order valence-corrected chi connectivity index (χ1v) is 8.02. The van der Waals surface area contributed by atoms with Gasteiger partial charge in [0.05, 0.1) is 11.4 Å². The van der Waals surface area contributed by atoms with Crippen LogP contribution in [-0.4, -0.2) is 30.9 Å². The van der Waals surface area contributed by atoms with E-state index in [0.717, 1.165) is 11.1 Å². The molecule has 3 rings (SSSR count). The maximum Gasteiger partial charge on any atom is 0.389 e. The molecule has 3 nitrogen and oxygen atoms in total. The Labute approximate surface area is 143 Å². The molecule has 6 heteroatoms. The number of para-hydroxylation sites is 1. The van der Waals surface area contributed by atoms with Gasteiger partial charge in [0.1, 0.15) is 6.54 Å². The summed E-state index contributed by atoms with van der Waals surface area (Å²) in [4.78, 5) is 18.3. The van der Waals surface area contributed by atoms with Gasteiger partial charge in [-0.25, -0.2) is 0 Å². The molecular formula is C19H17F3N2O. The molecule has 1 heterocycles. The van der Waals surface area contributed by atoms with Gasteiger partial charge in [0.25, 0.3) is 0 Å². The number of fused-ring (bicyclic) bond motifs is 1. The molecule has 0 fully saturated rings. The Bertz CT molecular complexity index is 785. The van der Waals surface area contributed by atoms with Crippen molar-refractivity contribution in [1.29, 1.82) is 0 Å². The molecule has 0 unspecified atom stereocenters. The Morgan fingerprint density at radius 1 is 1.00 bits per heavy atom. The number of anilines is 1. The van der Waals surface area contributed by atoms with Gasteiger partial charge in [-0.3, -0.25) is 9.79 Å². The molecule has 0 saturated heterocycles. The van der Waals surface area contributed by atoms with E-state index in [1.807, 2.05) is 42.5 Å². The molecule has 0 N–H and O–H groups in total. The van der Waals surface area contributed by atoms with Crippen LogP contribution in [0.4, 0.5) is 18.9 Å². The van der Waals surface area contributed by atoms with Crippen LogP contribution in [0.15, 0.2) is 59.6 Å². The maximum atomic E-state index is 12.4. The fourth-order valence-corrected chi connectivity index (χ4v) is 2.89. The fraction of sp³-hybridized carbons (Fsp3) is 0.263. The molecule has 1 aliphatic rings. The van der Waals surface area contributed by atoms with Crippen LogP contribution >= 0.6 is 0 Å². The second-order valence-corrected chi connectivity index (χ2v) is 5.81. The SMILES string of the molecule is O=C1CN=C(c2ccccc2)c2ccccc2N1CCCC(F)(F)F. The summed E-state index contributed by atoms with van der Waals surface area (Å²) in [5, 5.41) is 0. The van der Waals surface area contributed by atoms with Crippen LogP contribution in [0.5, 0.6) is 0 Å². The molecule has 25 heavy (non-hydrogen) atoms. The minimum Gasteiger partial charge on any atom is -0.310 e. The largest absolute Gasteiger partial charge is 0.389 e. The summed E-state index contributed by atoms with van der Waals surface area (Å²) < 4.78 is 37.3. The van der Waals surface area contributed by atoms with Gasteiger partial charge in [-0.2, -0.15) is 13.2 Å². The van der Waals surface area contributed by atoms with Crippen LogP contribution < -0.4 is 4.90 Å². The van der Waals surface area contributed by atoms with Crippen molar-refractivity contribution in [1.82, 2.24) is 0 Å². The molecule has 2 aromatic rings. The number of alkyl halides is 3. The number of hydrogen-bond donors (Lipinski definition) is 0. The molecule has 0 aromatic heterocycles. The summed E-state index contributed by atoms with van der Waals surface area (Å²) in [6, 6.07) is 16.7. The third kappa shape index (κ3) is 4.07. The van der Waals surface area contributed by atoms with E-state index in [4.69, 9.17) is 0 Å². The zero-order valence-corrected chi connectivity index (χ0v) is 13.5. The van der Waals surface area contributed by atoms with Gasteiger partial charge in [0.15, 0.2) is 0 Å². The van der Waals surface area contributed by atoms with Crippen LogP contribution in [-0.2, 0) is 4.79 Å². The Balaban J connectivity index is 1.93. The zero-order chi connectivity index (χ0) is 17.9. The van der Waals surface area contributed by atoms with E-state index in [2.05, 4.69) is 4.99 Å². The molecule has 0 bridgehead atoms. The molecular weight excluding hydrogens is 329 g/mol. The second kappa shape index (κ2) is 7.09. The summed E-state index contributed by atoms with van der Waals surface area (Å²) in [5.74, 6) is -0.291. The lowest BCUT2D eigenvalue weighted by atomic mass is 10.00. The number of amides is 1. The van der Waals surface area contributed by atoms with Gasteiger partial charge >= 0.3 is 6.18 Å². The van der Waals surface area contributed by atoms with Crippen LogP contribution in [0.3, 0.4) is 0 Å². The van der Waals surface area contributed by atoms with Gasteiger partial charge in [-0.15, -0.1) is 0 Å². The lowest BCUT2D eigenvalue weighted by Crippen LogP contribution is -2.34. The molecule has 0 saturated carbocycles. The van der Waals surface area contributed by atoms with E-state index in [1.165, 1.54) is 4.90 Å². The van der Waals surface area contributed by atoms with Crippen molar-refractivity contribution < 1.29 is 18.0 Å². The van der Waals surface area contributed by atoms with Crippen molar-refractivity contribution in [2.45, 2.75) is 19.0 Å². The minimum atomic E-state index is -4.22. The summed E-state index contributed by atoms with van der Waals surface area (Å²) in [7, 11) is 0. The Morgan fingerprint density at radius 3 is 2.40 bits per heavy atom. The second-order valence-electron chi connectivity index (χ2n) is 5.81. The average molecular weight is 346 g/mol. The van der Waals surface area contributed by atoms with Gasteiger partial charge in [0.2, 0.25) is 5.91 Å². The van der Waals surface area contributed by atoms with E-state index in [0.29, 0.717) is 11.4 Å². The quantitative estimate of drug-likeness (QED) is 0.816. The lowest BCUT2D eigenvalue weighted by Gasteiger charge is -2.23. The number of aliphatic imine (C=N–C) groups is 1. The van der Waals surface area contributed by atoms with Crippen molar-refractivity contribution in [3.8, 4) is 0 Å². The summed E-state index contributed by atoms with van der Waals surface area (Å²) in [6.45, 7) is -0.0577. The number of hydrogen-bond acceptors (Lipinski definition) is 2. The molecule has 0 radical (unpaired) electrons. The van der Waals surface area contributed by atoms with E-state index in [9.17, 15) is 18.0 Å². The number of carbonyl (C=O) groups excluding carboxylic acids is 1. The first-order chi connectivity index (χ1) is 12.0. The highest BCUT2D eigenvalue weighted by Crippen LogP contribution is 2.28. The Morgan fingerprint density at radius 2 is 1.68 bits per heavy atom. The molecule has 0 aliphatic carbocycles. The van der Waals surface area contributed by atoms with Gasteiger partial charge < -0.3 is 4.90 Å². The predicted molar refractivity (Wildman–Crippen MR) is 91.0 cm³/mol. The molecule has 130 valence electrons. The highest BCUT2D eigenvalue weighted by molar-refractivity contribution is 6.19. The average Bonchev–Trinajstić information content (AvgIpc) is 2.72.